The molecule has 6 nitrogen and oxygen atoms in total. The van der Waals surface area contributed by atoms with Gasteiger partial charge in [-0.2, -0.15) is 0 Å². The predicted molar refractivity (Wildman–Crippen MR) is 91.3 cm³/mol. The summed E-state index contributed by atoms with van der Waals surface area (Å²) >= 11 is 0. The Balaban J connectivity index is 1.82. The van der Waals surface area contributed by atoms with Crippen molar-refractivity contribution in [2.45, 2.75) is 32.2 Å². The van der Waals surface area contributed by atoms with E-state index in [9.17, 15) is 9.59 Å². The minimum Gasteiger partial charge on any atom is -0.497 e. The third-order valence-corrected chi connectivity index (χ3v) is 4.66. The highest BCUT2D eigenvalue weighted by Crippen LogP contribution is 2.24. The highest BCUT2D eigenvalue weighted by molar-refractivity contribution is 5.82. The van der Waals surface area contributed by atoms with Crippen molar-refractivity contribution in [3.63, 3.8) is 0 Å². The summed E-state index contributed by atoms with van der Waals surface area (Å²) in [5, 5.41) is 0.862. The van der Waals surface area contributed by atoms with Crippen LogP contribution in [0.3, 0.4) is 0 Å². The van der Waals surface area contributed by atoms with Gasteiger partial charge in [-0.15, -0.1) is 0 Å². The van der Waals surface area contributed by atoms with E-state index in [1.165, 1.54) is 0 Å². The first-order chi connectivity index (χ1) is 11.5. The summed E-state index contributed by atoms with van der Waals surface area (Å²) in [4.78, 5) is 26.3. The van der Waals surface area contributed by atoms with Crippen LogP contribution in [0, 0.1) is 6.92 Å². The monoisotopic (exact) mass is 330 g/mol. The number of ether oxygens (including phenoxy) is 1. The third-order valence-electron chi connectivity index (χ3n) is 4.66. The zero-order valence-electron chi connectivity index (χ0n) is 14.0. The number of nitrogens with zero attached hydrogens (tertiary/aromatic N) is 1. The third kappa shape index (κ3) is 3.14. The second kappa shape index (κ2) is 6.65. The number of fused-ring (bicyclic) bond motifs is 1. The lowest BCUT2D eigenvalue weighted by molar-refractivity contribution is -0.130. The van der Waals surface area contributed by atoms with Crippen LogP contribution in [0.4, 0.5) is 0 Å². The van der Waals surface area contributed by atoms with Crippen LogP contribution in [-0.2, 0) is 11.2 Å². The lowest BCUT2D eigenvalue weighted by Gasteiger charge is -2.16. The van der Waals surface area contributed by atoms with Crippen molar-refractivity contribution in [2.75, 3.05) is 20.2 Å². The van der Waals surface area contributed by atoms with Crippen molar-refractivity contribution in [2.24, 2.45) is 5.73 Å². The summed E-state index contributed by atoms with van der Waals surface area (Å²) in [6, 6.07) is 5.47. The molecule has 6 heteroatoms. The number of nitrogens with two attached hydrogens (primary N) is 1. The number of carbonyl (C=O) groups excluding carboxylic acids is 1. The van der Waals surface area contributed by atoms with Crippen molar-refractivity contribution in [3.05, 3.63) is 39.7 Å². The standard InChI is InChI=1S/C18H22N2O4/c1-11-14-4-3-13(23-2)9-16(14)24-18(22)15(11)5-6-17(21)20-8-7-12(19)10-20/h3-4,9,12H,5-8,10,19H2,1-2H3/t12-/m1/s1. The Hall–Kier alpha value is -2.34. The smallest absolute Gasteiger partial charge is 0.339 e. The average molecular weight is 330 g/mol. The fourth-order valence-corrected chi connectivity index (χ4v) is 3.19. The molecule has 2 heterocycles. The van der Waals surface area contributed by atoms with E-state index in [1.54, 1.807) is 18.1 Å². The van der Waals surface area contributed by atoms with Crippen LogP contribution in [0.25, 0.3) is 11.0 Å². The van der Waals surface area contributed by atoms with Gasteiger partial charge >= 0.3 is 5.63 Å². The number of likely N-dealkylation sites (tertiary alicyclic amines) is 1. The molecule has 0 spiro atoms. The maximum Gasteiger partial charge on any atom is 0.339 e. The first kappa shape index (κ1) is 16.5. The molecule has 2 aromatic rings. The van der Waals surface area contributed by atoms with Gasteiger partial charge in [-0.25, -0.2) is 4.79 Å². The van der Waals surface area contributed by atoms with Crippen molar-refractivity contribution < 1.29 is 13.9 Å². The molecule has 3 rings (SSSR count). The van der Waals surface area contributed by atoms with E-state index in [1.807, 2.05) is 19.1 Å². The van der Waals surface area contributed by atoms with Crippen LogP contribution >= 0.6 is 0 Å². The van der Waals surface area contributed by atoms with Gasteiger partial charge in [0.05, 0.1) is 7.11 Å². The summed E-state index contributed by atoms with van der Waals surface area (Å²) in [5.41, 5.74) is 7.36. The molecule has 0 saturated carbocycles. The lowest BCUT2D eigenvalue weighted by atomic mass is 10.0. The summed E-state index contributed by atoms with van der Waals surface area (Å²) in [6.45, 7) is 3.19. The minimum atomic E-state index is -0.390. The van der Waals surface area contributed by atoms with Crippen LogP contribution in [0.15, 0.2) is 27.4 Å². The number of methoxy groups -OCH3 is 1. The fourth-order valence-electron chi connectivity index (χ4n) is 3.19. The van der Waals surface area contributed by atoms with Crippen LogP contribution < -0.4 is 16.1 Å². The quantitative estimate of drug-likeness (QED) is 0.861. The molecule has 1 fully saturated rings. The molecule has 1 saturated heterocycles. The van der Waals surface area contributed by atoms with E-state index < -0.39 is 0 Å². The van der Waals surface area contributed by atoms with Crippen molar-refractivity contribution in [1.82, 2.24) is 4.90 Å². The minimum absolute atomic E-state index is 0.0385. The number of amides is 1. The molecule has 24 heavy (non-hydrogen) atoms. The Labute approximate surface area is 140 Å². The number of hydrogen-bond acceptors (Lipinski definition) is 5. The van der Waals surface area contributed by atoms with Gasteiger partial charge in [0.1, 0.15) is 11.3 Å². The van der Waals surface area contributed by atoms with Crippen LogP contribution in [-0.4, -0.2) is 37.0 Å². The normalized spacial score (nSPS) is 17.5. The molecule has 1 aliphatic heterocycles. The highest BCUT2D eigenvalue weighted by Gasteiger charge is 2.24. The second-order valence-electron chi connectivity index (χ2n) is 6.24. The molecule has 1 aromatic heterocycles. The molecule has 128 valence electrons. The Morgan fingerprint density at radius 1 is 1.46 bits per heavy atom. The molecule has 0 bridgehead atoms. The topological polar surface area (TPSA) is 85.8 Å². The fraction of sp³-hybridized carbons (Fsp3) is 0.444. The van der Waals surface area contributed by atoms with Crippen molar-refractivity contribution >= 4 is 16.9 Å². The van der Waals surface area contributed by atoms with Gasteiger partial charge in [-0.3, -0.25) is 4.79 Å². The number of rotatable bonds is 4. The van der Waals surface area contributed by atoms with Gasteiger partial charge in [0.2, 0.25) is 5.91 Å². The Bertz CT molecular complexity index is 828. The van der Waals surface area contributed by atoms with Crippen LogP contribution in [0.1, 0.15) is 24.0 Å². The first-order valence-corrected chi connectivity index (χ1v) is 8.13. The maximum atomic E-state index is 12.3. The average Bonchev–Trinajstić information content (AvgIpc) is 3.00. The predicted octanol–water partition coefficient (Wildman–Crippen LogP) is 1.60. The van der Waals surface area contributed by atoms with Gasteiger partial charge in [0, 0.05) is 42.6 Å². The Morgan fingerprint density at radius 3 is 2.92 bits per heavy atom. The number of benzene rings is 1. The van der Waals surface area contributed by atoms with E-state index in [4.69, 9.17) is 14.9 Å². The SMILES string of the molecule is COc1ccc2c(C)c(CCC(=O)N3CC[C@@H](N)C3)c(=O)oc2c1. The van der Waals surface area contributed by atoms with E-state index >= 15 is 0 Å². The molecular weight excluding hydrogens is 308 g/mol. The molecular formula is C18H22N2O4. The molecule has 1 aliphatic rings. The van der Waals surface area contributed by atoms with Gasteiger partial charge in [-0.05, 0) is 37.5 Å². The summed E-state index contributed by atoms with van der Waals surface area (Å²) in [5.74, 6) is 0.676. The number of aryl methyl sites for hydroxylation is 1. The largest absolute Gasteiger partial charge is 0.497 e. The van der Waals surface area contributed by atoms with E-state index in [-0.39, 0.29) is 17.6 Å². The molecule has 2 N–H and O–H groups in total. The zero-order valence-corrected chi connectivity index (χ0v) is 14.0. The van der Waals surface area contributed by atoms with Crippen LogP contribution in [0.2, 0.25) is 0 Å². The molecule has 1 amide bonds. The molecule has 1 aromatic carbocycles. The highest BCUT2D eigenvalue weighted by atomic mass is 16.5. The lowest BCUT2D eigenvalue weighted by Crippen LogP contribution is -2.32. The number of hydrogen-bond donors (Lipinski definition) is 1. The molecule has 0 radical (unpaired) electrons. The summed E-state index contributed by atoms with van der Waals surface area (Å²) in [6.07, 6.45) is 1.51. The van der Waals surface area contributed by atoms with Crippen LogP contribution in [0.5, 0.6) is 5.75 Å². The summed E-state index contributed by atoms with van der Waals surface area (Å²) in [7, 11) is 1.57. The molecule has 0 aliphatic carbocycles. The second-order valence-corrected chi connectivity index (χ2v) is 6.24. The number of carbonyl (C=O) groups is 1. The van der Waals surface area contributed by atoms with E-state index in [0.717, 1.165) is 17.4 Å². The van der Waals surface area contributed by atoms with Crippen molar-refractivity contribution in [3.8, 4) is 5.75 Å². The Kier molecular flexibility index (Phi) is 4.57. The Morgan fingerprint density at radius 2 is 2.25 bits per heavy atom. The molecule has 1 atom stereocenters. The van der Waals surface area contributed by atoms with Gasteiger partial charge in [-0.1, -0.05) is 0 Å². The summed E-state index contributed by atoms with van der Waals surface area (Å²) < 4.78 is 10.6. The maximum absolute atomic E-state index is 12.3. The van der Waals surface area contributed by atoms with E-state index in [2.05, 4.69) is 0 Å². The van der Waals surface area contributed by atoms with Gasteiger partial charge in [0.25, 0.3) is 0 Å². The van der Waals surface area contributed by atoms with E-state index in [0.29, 0.717) is 42.8 Å². The van der Waals surface area contributed by atoms with Gasteiger partial charge in [0.15, 0.2) is 0 Å². The zero-order chi connectivity index (χ0) is 17.3. The van der Waals surface area contributed by atoms with Crippen molar-refractivity contribution in [1.29, 1.82) is 0 Å². The molecule has 0 unspecified atom stereocenters. The van der Waals surface area contributed by atoms with Gasteiger partial charge < -0.3 is 19.8 Å². The first-order valence-electron chi connectivity index (χ1n) is 8.13.